The minimum atomic E-state index is -0.202. The number of carbonyl (C=O) groups excluding carboxylic acids is 2. The van der Waals surface area contributed by atoms with Gasteiger partial charge < -0.3 is 15.2 Å². The normalized spacial score (nSPS) is 13.0. The average molecular weight is 465 g/mol. The number of nitrogens with one attached hydrogen (secondary N) is 2. The second kappa shape index (κ2) is 8.30. The van der Waals surface area contributed by atoms with Gasteiger partial charge in [-0.05, 0) is 54.4 Å². The maximum atomic E-state index is 13.0. The van der Waals surface area contributed by atoms with E-state index in [0.717, 1.165) is 22.3 Å². The van der Waals surface area contributed by atoms with Crippen molar-refractivity contribution in [1.82, 2.24) is 9.55 Å². The summed E-state index contributed by atoms with van der Waals surface area (Å²) in [5, 5.41) is 6.61. The summed E-state index contributed by atoms with van der Waals surface area (Å²) in [6.45, 7) is 0.0481. The summed E-state index contributed by atoms with van der Waals surface area (Å²) < 4.78 is 1.83. The number of hydrogen-bond donors (Lipinski definition) is 2. The number of hydrogen-bond acceptors (Lipinski definition) is 3. The van der Waals surface area contributed by atoms with E-state index < -0.39 is 0 Å². The summed E-state index contributed by atoms with van der Waals surface area (Å²) in [6, 6.07) is 18.5. The molecule has 0 bridgehead atoms. The molecule has 8 heteroatoms. The van der Waals surface area contributed by atoms with Crippen LogP contribution in [-0.4, -0.2) is 21.4 Å². The molecule has 4 aromatic rings. The van der Waals surface area contributed by atoms with Crippen LogP contribution in [0, 0.1) is 0 Å². The van der Waals surface area contributed by atoms with Gasteiger partial charge in [-0.3, -0.25) is 9.59 Å². The van der Waals surface area contributed by atoms with Crippen LogP contribution in [-0.2, 0) is 22.6 Å². The van der Waals surface area contributed by atoms with E-state index in [1.807, 2.05) is 47.0 Å². The third kappa shape index (κ3) is 3.83. The zero-order valence-corrected chi connectivity index (χ0v) is 18.4. The molecule has 2 heterocycles. The number of fused-ring (bicyclic) bond motifs is 2. The van der Waals surface area contributed by atoms with Crippen molar-refractivity contribution in [1.29, 1.82) is 0 Å². The lowest BCUT2D eigenvalue weighted by Gasteiger charge is -2.18. The van der Waals surface area contributed by atoms with Crippen molar-refractivity contribution in [3.63, 3.8) is 0 Å². The number of aromatic nitrogens is 2. The molecule has 5 rings (SSSR count). The lowest BCUT2D eigenvalue weighted by molar-refractivity contribution is -0.117. The lowest BCUT2D eigenvalue weighted by Crippen LogP contribution is -2.21. The second-order valence-electron chi connectivity index (χ2n) is 7.58. The molecule has 6 nitrogen and oxygen atoms in total. The molecule has 0 saturated carbocycles. The Labute approximate surface area is 194 Å². The van der Waals surface area contributed by atoms with Gasteiger partial charge in [0.1, 0.15) is 12.4 Å². The molecule has 1 aromatic heterocycles. The highest BCUT2D eigenvalue weighted by atomic mass is 35.5. The zero-order valence-electron chi connectivity index (χ0n) is 16.9. The fourth-order valence-corrected chi connectivity index (χ4v) is 4.31. The number of anilines is 2. The van der Waals surface area contributed by atoms with Gasteiger partial charge in [-0.2, -0.15) is 0 Å². The Kier molecular flexibility index (Phi) is 5.33. The fourth-order valence-electron chi connectivity index (χ4n) is 3.92. The molecule has 1 aliphatic rings. The minimum Gasteiger partial charge on any atom is -0.326 e. The standard InChI is InChI=1S/C24H18Cl2N4O2/c25-17-5-3-4-16(23(17)26)24-29-19-6-1-2-7-20(19)30(24)13-22(32)27-15-9-10-18-14(12-15)8-11-21(31)28-18/h1-7,9-10,12H,8,11,13H2,(H,27,32)(H,28,31). The SMILES string of the molecule is O=C(Cn1c(-c2cccc(Cl)c2Cl)nc2ccccc21)Nc1ccc2c(c1)CCC(=O)N2. The van der Waals surface area contributed by atoms with Crippen LogP contribution >= 0.6 is 23.2 Å². The molecule has 0 radical (unpaired) electrons. The predicted octanol–water partition coefficient (Wildman–Crippen LogP) is 5.53. The van der Waals surface area contributed by atoms with E-state index in [2.05, 4.69) is 10.6 Å². The highest BCUT2D eigenvalue weighted by molar-refractivity contribution is 6.43. The Morgan fingerprint density at radius 3 is 2.78 bits per heavy atom. The van der Waals surface area contributed by atoms with Crippen LogP contribution in [0.5, 0.6) is 0 Å². The van der Waals surface area contributed by atoms with E-state index in [1.165, 1.54) is 0 Å². The first-order valence-corrected chi connectivity index (χ1v) is 10.9. The van der Waals surface area contributed by atoms with Gasteiger partial charge in [0.25, 0.3) is 0 Å². The monoisotopic (exact) mass is 464 g/mol. The van der Waals surface area contributed by atoms with Crippen molar-refractivity contribution in [3.8, 4) is 11.4 Å². The Morgan fingerprint density at radius 1 is 1.06 bits per heavy atom. The fraction of sp³-hybridized carbons (Fsp3) is 0.125. The van der Waals surface area contributed by atoms with Gasteiger partial charge in [0.05, 0.1) is 21.1 Å². The van der Waals surface area contributed by atoms with E-state index in [9.17, 15) is 9.59 Å². The molecule has 0 atom stereocenters. The molecule has 160 valence electrons. The Hall–Kier alpha value is -3.35. The molecule has 32 heavy (non-hydrogen) atoms. The van der Waals surface area contributed by atoms with Crippen LogP contribution in [0.2, 0.25) is 10.0 Å². The number of benzene rings is 3. The number of halogens is 2. The van der Waals surface area contributed by atoms with Gasteiger partial charge in [-0.15, -0.1) is 0 Å². The number of nitrogens with zero attached hydrogens (tertiary/aromatic N) is 2. The van der Waals surface area contributed by atoms with E-state index in [1.54, 1.807) is 18.2 Å². The van der Waals surface area contributed by atoms with Crippen molar-refractivity contribution >= 4 is 57.4 Å². The summed E-state index contributed by atoms with van der Waals surface area (Å²) in [5.74, 6) is 0.378. The highest BCUT2D eigenvalue weighted by Gasteiger charge is 2.19. The molecule has 2 amide bonds. The molecular weight excluding hydrogens is 447 g/mol. The van der Waals surface area contributed by atoms with Crippen molar-refractivity contribution in [2.24, 2.45) is 0 Å². The molecule has 0 unspecified atom stereocenters. The van der Waals surface area contributed by atoms with Gasteiger partial charge in [0.2, 0.25) is 11.8 Å². The largest absolute Gasteiger partial charge is 0.326 e. The van der Waals surface area contributed by atoms with E-state index >= 15 is 0 Å². The van der Waals surface area contributed by atoms with Crippen LogP contribution in [0.4, 0.5) is 11.4 Å². The summed E-state index contributed by atoms with van der Waals surface area (Å²) in [6.07, 6.45) is 1.09. The van der Waals surface area contributed by atoms with E-state index in [-0.39, 0.29) is 18.4 Å². The van der Waals surface area contributed by atoms with Crippen molar-refractivity contribution < 1.29 is 9.59 Å². The van der Waals surface area contributed by atoms with Gasteiger partial charge >= 0.3 is 0 Å². The molecule has 0 fully saturated rings. The first kappa shape index (κ1) is 20.5. The molecule has 0 saturated heterocycles. The van der Waals surface area contributed by atoms with Crippen LogP contribution in [0.15, 0.2) is 60.7 Å². The van der Waals surface area contributed by atoms with Gasteiger partial charge in [0.15, 0.2) is 0 Å². The van der Waals surface area contributed by atoms with Gasteiger partial charge in [0, 0.05) is 23.4 Å². The number of aryl methyl sites for hydroxylation is 1. The van der Waals surface area contributed by atoms with Crippen LogP contribution < -0.4 is 10.6 Å². The lowest BCUT2D eigenvalue weighted by atomic mass is 10.0. The van der Waals surface area contributed by atoms with Gasteiger partial charge in [-0.1, -0.05) is 41.4 Å². The number of rotatable bonds is 4. The number of amides is 2. The number of carbonyl (C=O) groups is 2. The van der Waals surface area contributed by atoms with Crippen LogP contribution in [0.1, 0.15) is 12.0 Å². The average Bonchev–Trinajstić information content (AvgIpc) is 3.14. The summed E-state index contributed by atoms with van der Waals surface area (Å²) in [5.41, 5.74) is 4.71. The van der Waals surface area contributed by atoms with Crippen molar-refractivity contribution in [2.45, 2.75) is 19.4 Å². The quantitative estimate of drug-likeness (QED) is 0.416. The maximum absolute atomic E-state index is 13.0. The smallest absolute Gasteiger partial charge is 0.244 e. The molecule has 0 aliphatic carbocycles. The van der Waals surface area contributed by atoms with Crippen molar-refractivity contribution in [2.75, 3.05) is 10.6 Å². The van der Waals surface area contributed by atoms with Crippen LogP contribution in [0.3, 0.4) is 0 Å². The summed E-state index contributed by atoms with van der Waals surface area (Å²) >= 11 is 12.7. The summed E-state index contributed by atoms with van der Waals surface area (Å²) in [4.78, 5) is 29.3. The van der Waals surface area contributed by atoms with E-state index in [4.69, 9.17) is 28.2 Å². The molecule has 0 spiro atoms. The predicted molar refractivity (Wildman–Crippen MR) is 127 cm³/mol. The number of imidazole rings is 1. The first-order valence-electron chi connectivity index (χ1n) is 10.1. The summed E-state index contributed by atoms with van der Waals surface area (Å²) in [7, 11) is 0. The third-order valence-corrected chi connectivity index (χ3v) is 6.25. The minimum absolute atomic E-state index is 0.00785. The topological polar surface area (TPSA) is 76.0 Å². The maximum Gasteiger partial charge on any atom is 0.244 e. The zero-order chi connectivity index (χ0) is 22.2. The molecule has 3 aromatic carbocycles. The highest BCUT2D eigenvalue weighted by Crippen LogP contribution is 2.34. The first-order chi connectivity index (χ1) is 15.5. The second-order valence-corrected chi connectivity index (χ2v) is 8.37. The molecular formula is C24H18Cl2N4O2. The third-order valence-electron chi connectivity index (χ3n) is 5.43. The van der Waals surface area contributed by atoms with Crippen molar-refractivity contribution in [3.05, 3.63) is 76.3 Å². The molecule has 1 aliphatic heterocycles. The van der Waals surface area contributed by atoms with Gasteiger partial charge in [-0.25, -0.2) is 4.98 Å². The number of para-hydroxylation sites is 2. The Morgan fingerprint density at radius 2 is 1.91 bits per heavy atom. The Balaban J connectivity index is 1.47. The van der Waals surface area contributed by atoms with E-state index in [0.29, 0.717) is 40.0 Å². The Bertz CT molecular complexity index is 1380. The van der Waals surface area contributed by atoms with Crippen LogP contribution in [0.25, 0.3) is 22.4 Å². The molecule has 2 N–H and O–H groups in total.